The summed E-state index contributed by atoms with van der Waals surface area (Å²) >= 11 is 0. The van der Waals surface area contributed by atoms with E-state index in [0.29, 0.717) is 19.6 Å². The zero-order valence-corrected chi connectivity index (χ0v) is 13.7. The molecule has 3 rings (SSSR count). The Morgan fingerprint density at radius 3 is 2.83 bits per heavy atom. The lowest BCUT2D eigenvalue weighted by Gasteiger charge is -2.37. The Hall–Kier alpha value is -2.28. The molecule has 3 atom stereocenters. The second kappa shape index (κ2) is 6.68. The van der Waals surface area contributed by atoms with Gasteiger partial charge in [0.1, 0.15) is 18.1 Å². The summed E-state index contributed by atoms with van der Waals surface area (Å²) < 4.78 is 16.3. The van der Waals surface area contributed by atoms with Gasteiger partial charge in [-0.1, -0.05) is 0 Å². The van der Waals surface area contributed by atoms with Gasteiger partial charge in [0, 0.05) is 6.54 Å². The molecule has 2 unspecified atom stereocenters. The number of ether oxygens (including phenoxy) is 3. The van der Waals surface area contributed by atoms with Crippen LogP contribution in [0.4, 0.5) is 0 Å². The van der Waals surface area contributed by atoms with Crippen molar-refractivity contribution in [2.45, 2.75) is 25.6 Å². The Bertz CT molecular complexity index is 646. The maximum atomic E-state index is 12.8. The van der Waals surface area contributed by atoms with Crippen LogP contribution in [0.1, 0.15) is 12.5 Å². The van der Waals surface area contributed by atoms with Crippen molar-refractivity contribution in [3.63, 3.8) is 0 Å². The number of amides is 1. The highest BCUT2D eigenvalue weighted by Gasteiger charge is 2.36. The number of fused-ring (bicyclic) bond motifs is 1. The topological polar surface area (TPSA) is 85.3 Å². The molecular weight excluding hydrogens is 314 g/mol. The van der Waals surface area contributed by atoms with E-state index < -0.39 is 12.1 Å². The fourth-order valence-electron chi connectivity index (χ4n) is 3.18. The lowest BCUT2D eigenvalue weighted by atomic mass is 9.94. The van der Waals surface area contributed by atoms with Crippen LogP contribution < -0.4 is 9.47 Å². The number of carboxylic acids is 1. The highest BCUT2D eigenvalue weighted by atomic mass is 16.5. The van der Waals surface area contributed by atoms with Gasteiger partial charge in [-0.2, -0.15) is 0 Å². The molecule has 2 aliphatic heterocycles. The normalized spacial score (nSPS) is 26.2. The number of carbonyl (C=O) groups excluding carboxylic acids is 1. The summed E-state index contributed by atoms with van der Waals surface area (Å²) in [7, 11) is 1.59. The van der Waals surface area contributed by atoms with Crippen LogP contribution in [0.15, 0.2) is 18.2 Å². The Balaban J connectivity index is 1.72. The smallest absolute Gasteiger partial charge is 0.334 e. The third-order valence-electron chi connectivity index (χ3n) is 4.37. The molecule has 7 heteroatoms. The first-order valence-corrected chi connectivity index (χ1v) is 7.94. The lowest BCUT2D eigenvalue weighted by molar-refractivity contribution is -0.168. The Morgan fingerprint density at radius 1 is 1.33 bits per heavy atom. The average molecular weight is 335 g/mol. The van der Waals surface area contributed by atoms with Crippen molar-refractivity contribution in [3.8, 4) is 11.5 Å². The fraction of sp³-hybridized carbons (Fsp3) is 0.529. The van der Waals surface area contributed by atoms with Gasteiger partial charge in [0.05, 0.1) is 25.7 Å². The van der Waals surface area contributed by atoms with Gasteiger partial charge in [-0.05, 0) is 37.1 Å². The van der Waals surface area contributed by atoms with E-state index in [-0.39, 0.29) is 24.5 Å². The third kappa shape index (κ3) is 3.31. The van der Waals surface area contributed by atoms with Crippen molar-refractivity contribution in [1.29, 1.82) is 0 Å². The van der Waals surface area contributed by atoms with Crippen molar-refractivity contribution < 1.29 is 28.9 Å². The third-order valence-corrected chi connectivity index (χ3v) is 4.37. The standard InChI is InChI=1S/C17H21NO6/c1-10-7-18(8-15(24-10)17(20)21)16(19)12-5-11-6-13(22-2)3-4-14(11)23-9-12/h3-4,6,10,12,15H,5,7-9H2,1-2H3,(H,20,21)/t10-,12?,15?/m1/s1. The summed E-state index contributed by atoms with van der Waals surface area (Å²) in [5, 5.41) is 9.15. The summed E-state index contributed by atoms with van der Waals surface area (Å²) in [6, 6.07) is 5.53. The van der Waals surface area contributed by atoms with Crippen molar-refractivity contribution in [3.05, 3.63) is 23.8 Å². The van der Waals surface area contributed by atoms with Gasteiger partial charge >= 0.3 is 5.97 Å². The number of nitrogens with zero attached hydrogens (tertiary/aromatic N) is 1. The van der Waals surface area contributed by atoms with Crippen molar-refractivity contribution in [1.82, 2.24) is 4.90 Å². The molecule has 0 aromatic heterocycles. The van der Waals surface area contributed by atoms with Crippen LogP contribution in [0, 0.1) is 5.92 Å². The van der Waals surface area contributed by atoms with Gasteiger partial charge in [-0.3, -0.25) is 4.79 Å². The molecule has 1 fully saturated rings. The number of carboxylic acid groups (broad SMARTS) is 1. The van der Waals surface area contributed by atoms with Crippen molar-refractivity contribution in [2.75, 3.05) is 26.8 Å². The molecule has 0 spiro atoms. The molecule has 1 N–H and O–H groups in total. The molecule has 7 nitrogen and oxygen atoms in total. The number of rotatable bonds is 3. The first-order chi connectivity index (χ1) is 11.5. The van der Waals surface area contributed by atoms with Crippen LogP contribution >= 0.6 is 0 Å². The Morgan fingerprint density at radius 2 is 2.12 bits per heavy atom. The van der Waals surface area contributed by atoms with Crippen LogP contribution in [0.25, 0.3) is 0 Å². The van der Waals surface area contributed by atoms with E-state index in [2.05, 4.69) is 0 Å². The van der Waals surface area contributed by atoms with Crippen molar-refractivity contribution in [2.24, 2.45) is 5.92 Å². The van der Waals surface area contributed by atoms with E-state index in [1.807, 2.05) is 18.2 Å². The molecule has 0 aliphatic carbocycles. The minimum atomic E-state index is -1.05. The van der Waals surface area contributed by atoms with Crippen molar-refractivity contribution >= 4 is 11.9 Å². The van der Waals surface area contributed by atoms with E-state index in [0.717, 1.165) is 17.1 Å². The number of benzene rings is 1. The van der Waals surface area contributed by atoms with E-state index in [4.69, 9.17) is 19.3 Å². The number of carbonyl (C=O) groups is 2. The minimum absolute atomic E-state index is 0.0694. The lowest BCUT2D eigenvalue weighted by Crippen LogP contribution is -2.54. The predicted octanol–water partition coefficient (Wildman–Crippen LogP) is 0.947. The number of morpholine rings is 1. The van der Waals surface area contributed by atoms with Gasteiger partial charge in [-0.15, -0.1) is 0 Å². The van der Waals surface area contributed by atoms with E-state index in [9.17, 15) is 9.59 Å². The van der Waals surface area contributed by atoms with Crippen LogP contribution in [-0.4, -0.2) is 60.9 Å². The summed E-state index contributed by atoms with van der Waals surface area (Å²) in [6.45, 7) is 2.53. The number of hydrogen-bond acceptors (Lipinski definition) is 5. The van der Waals surface area contributed by atoms with Gasteiger partial charge < -0.3 is 24.2 Å². The van der Waals surface area contributed by atoms with Crippen LogP contribution in [-0.2, 0) is 20.7 Å². The SMILES string of the molecule is COc1ccc2c(c1)CC(C(=O)N1CC(C(=O)O)O[C@H](C)C1)CO2. The fourth-order valence-corrected chi connectivity index (χ4v) is 3.18. The molecule has 0 bridgehead atoms. The average Bonchev–Trinajstić information content (AvgIpc) is 2.59. The second-order valence-electron chi connectivity index (χ2n) is 6.20. The maximum Gasteiger partial charge on any atom is 0.334 e. The monoisotopic (exact) mass is 335 g/mol. The number of hydrogen-bond donors (Lipinski definition) is 1. The molecule has 2 aliphatic rings. The Labute approximate surface area is 140 Å². The van der Waals surface area contributed by atoms with E-state index in [1.54, 1.807) is 18.9 Å². The first kappa shape index (κ1) is 16.6. The van der Waals surface area contributed by atoms with Gasteiger partial charge in [0.15, 0.2) is 6.10 Å². The molecule has 0 saturated carbocycles. The minimum Gasteiger partial charge on any atom is -0.497 e. The van der Waals surface area contributed by atoms with Crippen LogP contribution in [0.3, 0.4) is 0 Å². The van der Waals surface area contributed by atoms with E-state index in [1.165, 1.54) is 0 Å². The molecular formula is C17H21NO6. The maximum absolute atomic E-state index is 12.8. The highest BCUT2D eigenvalue weighted by Crippen LogP contribution is 2.31. The summed E-state index contributed by atoms with van der Waals surface area (Å²) in [4.78, 5) is 25.5. The van der Waals surface area contributed by atoms with Gasteiger partial charge in [0.2, 0.25) is 5.91 Å². The number of methoxy groups -OCH3 is 1. The molecule has 1 aromatic carbocycles. The van der Waals surface area contributed by atoms with Gasteiger partial charge in [-0.25, -0.2) is 4.79 Å². The predicted molar refractivity (Wildman–Crippen MR) is 84.2 cm³/mol. The molecule has 1 aromatic rings. The molecule has 2 heterocycles. The second-order valence-corrected chi connectivity index (χ2v) is 6.20. The first-order valence-electron chi connectivity index (χ1n) is 7.94. The quantitative estimate of drug-likeness (QED) is 0.885. The summed E-state index contributed by atoms with van der Waals surface area (Å²) in [5.41, 5.74) is 0.926. The van der Waals surface area contributed by atoms with Crippen LogP contribution in [0.2, 0.25) is 0 Å². The zero-order valence-electron chi connectivity index (χ0n) is 13.7. The molecule has 130 valence electrons. The molecule has 1 amide bonds. The zero-order chi connectivity index (χ0) is 17.3. The summed E-state index contributed by atoms with van der Waals surface area (Å²) in [6.07, 6.45) is -0.732. The number of aliphatic carboxylic acids is 1. The summed E-state index contributed by atoms with van der Waals surface area (Å²) in [5.74, 6) is 0.0125. The largest absolute Gasteiger partial charge is 0.497 e. The van der Waals surface area contributed by atoms with Crippen LogP contribution in [0.5, 0.6) is 11.5 Å². The molecule has 1 saturated heterocycles. The van der Waals surface area contributed by atoms with E-state index >= 15 is 0 Å². The molecule has 0 radical (unpaired) electrons. The Kier molecular flexibility index (Phi) is 4.62. The molecule has 24 heavy (non-hydrogen) atoms. The highest BCUT2D eigenvalue weighted by molar-refractivity contribution is 5.81. The van der Waals surface area contributed by atoms with Gasteiger partial charge in [0.25, 0.3) is 0 Å².